The summed E-state index contributed by atoms with van der Waals surface area (Å²) in [6.45, 7) is 1.50. The molecule has 154 valence electrons. The van der Waals surface area contributed by atoms with E-state index in [1.807, 2.05) is 0 Å². The van der Waals surface area contributed by atoms with Crippen LogP contribution in [0.4, 0.5) is 11.4 Å². The van der Waals surface area contributed by atoms with Crippen molar-refractivity contribution in [1.29, 1.82) is 0 Å². The number of hydrogen-bond donors (Lipinski definition) is 0. The first-order valence-corrected chi connectivity index (χ1v) is 10.3. The second-order valence-corrected chi connectivity index (χ2v) is 8.31. The monoisotopic (exact) mass is 450 g/mol. The van der Waals surface area contributed by atoms with Gasteiger partial charge in [0.25, 0.3) is 11.6 Å². The zero-order valence-electron chi connectivity index (χ0n) is 16.1. The van der Waals surface area contributed by atoms with Crippen LogP contribution in [0.5, 0.6) is 0 Å². The Kier molecular flexibility index (Phi) is 5.53. The Hall–Kier alpha value is -3.56. The average molecular weight is 450 g/mol. The van der Waals surface area contributed by atoms with E-state index in [2.05, 4.69) is 0 Å². The number of hydrogen-bond acceptors (Lipinski definition) is 7. The molecule has 0 spiro atoms. The summed E-state index contributed by atoms with van der Waals surface area (Å²) in [5.74, 6) is 0.664. The zero-order chi connectivity index (χ0) is 22.1. The maximum absolute atomic E-state index is 12.9. The average Bonchev–Trinajstić information content (AvgIpc) is 3.32. The number of carbonyl (C=O) groups is 2. The largest absolute Gasteiger partial charge is 0.457 e. The molecule has 1 aliphatic rings. The van der Waals surface area contributed by atoms with Crippen LogP contribution in [0, 0.1) is 10.1 Å². The summed E-state index contributed by atoms with van der Waals surface area (Å²) in [5.41, 5.74) is 1.63. The molecule has 0 saturated carbocycles. The number of benzene rings is 2. The predicted molar refractivity (Wildman–Crippen MR) is 123 cm³/mol. The van der Waals surface area contributed by atoms with Crippen molar-refractivity contribution in [1.82, 2.24) is 0 Å². The number of nitrogens with zero attached hydrogens (tertiary/aromatic N) is 2. The third-order valence-corrected chi connectivity index (χ3v) is 5.87. The van der Waals surface area contributed by atoms with E-state index in [4.69, 9.17) is 16.6 Å². The van der Waals surface area contributed by atoms with Crippen molar-refractivity contribution in [3.05, 3.63) is 87.0 Å². The molecule has 0 radical (unpaired) electrons. The predicted octanol–water partition coefficient (Wildman–Crippen LogP) is 5.46. The minimum absolute atomic E-state index is 0.0162. The summed E-state index contributed by atoms with van der Waals surface area (Å²) in [5, 5.41) is 11.0. The van der Waals surface area contributed by atoms with Crippen LogP contribution in [0.3, 0.4) is 0 Å². The summed E-state index contributed by atoms with van der Waals surface area (Å²) >= 11 is 6.41. The number of ketones is 1. The van der Waals surface area contributed by atoms with Gasteiger partial charge in [0.1, 0.15) is 11.5 Å². The lowest BCUT2D eigenvalue weighted by Crippen LogP contribution is -2.27. The molecule has 2 aromatic carbocycles. The van der Waals surface area contributed by atoms with Gasteiger partial charge in [-0.2, -0.15) is 0 Å². The third kappa shape index (κ3) is 4.18. The Bertz CT molecular complexity index is 1260. The number of Topliss-reactive ketones (excluding diaryl/α,β-unsaturated/α-hetero) is 1. The number of furan rings is 1. The molecule has 1 fully saturated rings. The zero-order valence-corrected chi connectivity index (χ0v) is 17.7. The van der Waals surface area contributed by atoms with Gasteiger partial charge in [-0.1, -0.05) is 54.3 Å². The van der Waals surface area contributed by atoms with Crippen molar-refractivity contribution in [2.24, 2.45) is 0 Å². The highest BCUT2D eigenvalue weighted by Gasteiger charge is 2.34. The number of nitro benzene ring substituents is 1. The Balaban J connectivity index is 1.58. The van der Waals surface area contributed by atoms with Crippen molar-refractivity contribution in [3.8, 4) is 11.3 Å². The van der Waals surface area contributed by atoms with Gasteiger partial charge in [0.15, 0.2) is 10.1 Å². The van der Waals surface area contributed by atoms with Crippen LogP contribution in [0.25, 0.3) is 17.4 Å². The molecule has 7 nitrogen and oxygen atoms in total. The van der Waals surface area contributed by atoms with Gasteiger partial charge < -0.3 is 4.42 Å². The summed E-state index contributed by atoms with van der Waals surface area (Å²) < 4.78 is 6.11. The Labute approximate surface area is 186 Å². The first-order valence-electron chi connectivity index (χ1n) is 9.07. The topological polar surface area (TPSA) is 93.7 Å². The highest BCUT2D eigenvalue weighted by molar-refractivity contribution is 8.27. The van der Waals surface area contributed by atoms with Crippen LogP contribution in [0.15, 0.2) is 70.0 Å². The van der Waals surface area contributed by atoms with E-state index in [1.54, 1.807) is 48.5 Å². The summed E-state index contributed by atoms with van der Waals surface area (Å²) in [6.07, 6.45) is 1.59. The summed E-state index contributed by atoms with van der Waals surface area (Å²) in [6, 6.07) is 16.3. The second-order valence-electron chi connectivity index (χ2n) is 6.63. The molecule has 1 saturated heterocycles. The number of rotatable bonds is 5. The van der Waals surface area contributed by atoms with E-state index in [0.29, 0.717) is 27.7 Å². The molecule has 31 heavy (non-hydrogen) atoms. The molecule has 4 rings (SSSR count). The van der Waals surface area contributed by atoms with Crippen molar-refractivity contribution in [3.63, 3.8) is 0 Å². The van der Waals surface area contributed by atoms with E-state index in [-0.39, 0.29) is 21.7 Å². The number of thioether (sulfide) groups is 1. The first-order chi connectivity index (χ1) is 14.8. The van der Waals surface area contributed by atoms with E-state index in [1.165, 1.54) is 30.0 Å². The van der Waals surface area contributed by atoms with Crippen LogP contribution >= 0.6 is 24.0 Å². The van der Waals surface area contributed by atoms with Crippen LogP contribution < -0.4 is 4.90 Å². The lowest BCUT2D eigenvalue weighted by molar-refractivity contribution is -0.384. The highest BCUT2D eigenvalue weighted by Crippen LogP contribution is 2.37. The minimum atomic E-state index is -0.523. The van der Waals surface area contributed by atoms with Gasteiger partial charge >= 0.3 is 0 Å². The molecular formula is C22H14N2O5S2. The Morgan fingerprint density at radius 2 is 1.90 bits per heavy atom. The molecule has 0 N–H and O–H groups in total. The van der Waals surface area contributed by atoms with E-state index >= 15 is 0 Å². The quantitative estimate of drug-likeness (QED) is 0.167. The van der Waals surface area contributed by atoms with E-state index < -0.39 is 4.92 Å². The van der Waals surface area contributed by atoms with Gasteiger partial charge in [-0.05, 0) is 25.1 Å². The molecule has 9 heteroatoms. The van der Waals surface area contributed by atoms with Crippen LogP contribution in [-0.2, 0) is 4.79 Å². The number of anilines is 1. The fraction of sp³-hybridized carbons (Fsp3) is 0.0455. The van der Waals surface area contributed by atoms with Gasteiger partial charge in [0.05, 0.1) is 15.5 Å². The lowest BCUT2D eigenvalue weighted by atomic mass is 10.1. The fourth-order valence-corrected chi connectivity index (χ4v) is 4.30. The number of nitro groups is 1. The number of amides is 1. The van der Waals surface area contributed by atoms with Gasteiger partial charge in [0.2, 0.25) is 0 Å². The van der Waals surface area contributed by atoms with E-state index in [9.17, 15) is 19.7 Å². The molecule has 0 bridgehead atoms. The molecule has 3 aromatic rings. The minimum Gasteiger partial charge on any atom is -0.457 e. The molecule has 2 heterocycles. The van der Waals surface area contributed by atoms with Gasteiger partial charge in [0, 0.05) is 29.3 Å². The molecule has 0 aliphatic carbocycles. The summed E-state index contributed by atoms with van der Waals surface area (Å²) in [4.78, 5) is 36.4. The Morgan fingerprint density at radius 3 is 2.58 bits per heavy atom. The third-order valence-electron chi connectivity index (χ3n) is 4.57. The molecular weight excluding hydrogens is 436 g/mol. The first kappa shape index (κ1) is 20.7. The van der Waals surface area contributed by atoms with Crippen LogP contribution in [0.1, 0.15) is 23.0 Å². The van der Waals surface area contributed by atoms with Crippen molar-refractivity contribution in [2.75, 3.05) is 4.90 Å². The van der Waals surface area contributed by atoms with E-state index in [0.717, 1.165) is 17.3 Å². The van der Waals surface area contributed by atoms with Gasteiger partial charge in [-0.25, -0.2) is 0 Å². The molecule has 0 unspecified atom stereocenters. The maximum atomic E-state index is 12.9. The molecule has 0 atom stereocenters. The Morgan fingerprint density at radius 1 is 1.16 bits per heavy atom. The molecule has 1 aliphatic heterocycles. The summed E-state index contributed by atoms with van der Waals surface area (Å²) in [7, 11) is 0. The van der Waals surface area contributed by atoms with Crippen molar-refractivity contribution in [2.45, 2.75) is 6.92 Å². The second kappa shape index (κ2) is 8.29. The molecule has 1 amide bonds. The maximum Gasteiger partial charge on any atom is 0.271 e. The van der Waals surface area contributed by atoms with Crippen LogP contribution in [-0.4, -0.2) is 20.9 Å². The number of carbonyl (C=O) groups excluding carboxylic acids is 2. The smallest absolute Gasteiger partial charge is 0.271 e. The van der Waals surface area contributed by atoms with Crippen molar-refractivity contribution < 1.29 is 18.9 Å². The lowest BCUT2D eigenvalue weighted by Gasteiger charge is -2.13. The SMILES string of the molecule is CC(=O)c1ccc(-c2ccc(/C=C3\SC(=S)N(c4cccc([N+](=O)[O-])c4)C3=O)o2)cc1. The standard InChI is InChI=1S/C22H14N2O5S2/c1-13(25)14-5-7-15(8-6-14)19-10-9-18(29-19)12-20-21(26)23(22(30)31-20)16-3-2-4-17(11-16)24(27)28/h2-12H,1H3/b20-12-. The van der Waals surface area contributed by atoms with Crippen LogP contribution in [0.2, 0.25) is 0 Å². The normalized spacial score (nSPS) is 15.0. The molecule has 1 aromatic heterocycles. The number of thiocarbonyl (C=S) groups is 1. The van der Waals surface area contributed by atoms with Gasteiger partial charge in [-0.3, -0.25) is 24.6 Å². The fourth-order valence-electron chi connectivity index (χ4n) is 3.02. The van der Waals surface area contributed by atoms with Crippen molar-refractivity contribution >= 4 is 57.4 Å². The highest BCUT2D eigenvalue weighted by atomic mass is 32.2. The van der Waals surface area contributed by atoms with Gasteiger partial charge in [-0.15, -0.1) is 0 Å². The number of non-ortho nitro benzene ring substituents is 1.